The Morgan fingerprint density at radius 1 is 1.23 bits per heavy atom. The van der Waals surface area contributed by atoms with Crippen molar-refractivity contribution in [3.8, 4) is 5.75 Å². The van der Waals surface area contributed by atoms with Crippen molar-refractivity contribution in [2.75, 3.05) is 13.1 Å². The molecule has 2 nitrogen and oxygen atoms in total. The second-order valence-corrected chi connectivity index (χ2v) is 8.02. The molecule has 4 rings (SSSR count). The molecule has 22 heavy (non-hydrogen) atoms. The summed E-state index contributed by atoms with van der Waals surface area (Å²) in [5.74, 6) is 2.14. The first-order chi connectivity index (χ1) is 10.1. The van der Waals surface area contributed by atoms with Crippen LogP contribution in [0.1, 0.15) is 50.7 Å². The molecule has 0 spiro atoms. The maximum Gasteiger partial charge on any atom is 0.115 e. The topological polar surface area (TPSA) is 23.5 Å². The summed E-state index contributed by atoms with van der Waals surface area (Å²) in [6, 6.07) is 6.76. The highest BCUT2D eigenvalue weighted by molar-refractivity contribution is 5.85. The summed E-state index contributed by atoms with van der Waals surface area (Å²) < 4.78 is 0. The Kier molecular flexibility index (Phi) is 4.20. The first-order valence-corrected chi connectivity index (χ1v) is 8.62. The van der Waals surface area contributed by atoms with Gasteiger partial charge in [-0.1, -0.05) is 19.9 Å². The molecule has 0 radical (unpaired) electrons. The molecule has 1 aliphatic heterocycles. The number of likely N-dealkylation sites (tertiary alicyclic amines) is 1. The highest BCUT2D eigenvalue weighted by Crippen LogP contribution is 2.48. The fourth-order valence-electron chi connectivity index (χ4n) is 4.87. The van der Waals surface area contributed by atoms with Crippen molar-refractivity contribution < 1.29 is 5.11 Å². The molecule has 1 saturated heterocycles. The number of piperidine rings is 1. The molecular weight excluding hydrogens is 294 g/mol. The monoisotopic (exact) mass is 321 g/mol. The quantitative estimate of drug-likeness (QED) is 0.885. The molecule has 2 atom stereocenters. The molecular formula is C19H28ClNO. The van der Waals surface area contributed by atoms with Crippen LogP contribution in [-0.2, 0) is 11.8 Å². The Morgan fingerprint density at radius 3 is 2.73 bits per heavy atom. The number of fused-ring (bicyclic) bond motifs is 2. The van der Waals surface area contributed by atoms with Gasteiger partial charge in [0.05, 0.1) is 0 Å². The number of phenols is 1. The van der Waals surface area contributed by atoms with E-state index < -0.39 is 0 Å². The molecule has 0 bridgehead atoms. The van der Waals surface area contributed by atoms with Gasteiger partial charge in [0.1, 0.15) is 5.75 Å². The van der Waals surface area contributed by atoms with Gasteiger partial charge in [-0.2, -0.15) is 0 Å². The summed E-state index contributed by atoms with van der Waals surface area (Å²) in [6.07, 6.45) is 6.75. The lowest BCUT2D eigenvalue weighted by Crippen LogP contribution is -2.55. The van der Waals surface area contributed by atoms with E-state index in [1.807, 2.05) is 12.1 Å². The molecule has 3 heteroatoms. The molecule has 1 N–H and O–H groups in total. The Labute approximate surface area is 140 Å². The van der Waals surface area contributed by atoms with Crippen molar-refractivity contribution in [2.45, 2.75) is 57.4 Å². The number of rotatable bonds is 2. The third-order valence-corrected chi connectivity index (χ3v) is 6.23. The van der Waals surface area contributed by atoms with Crippen molar-refractivity contribution in [1.82, 2.24) is 4.90 Å². The van der Waals surface area contributed by atoms with E-state index >= 15 is 0 Å². The smallest absolute Gasteiger partial charge is 0.115 e. The predicted octanol–water partition coefficient (Wildman–Crippen LogP) is 4.14. The lowest BCUT2D eigenvalue weighted by Gasteiger charge is -2.52. The average molecular weight is 322 g/mol. The number of hydrogen-bond donors (Lipinski definition) is 1. The number of nitrogens with zero attached hydrogens (tertiary/aromatic N) is 1. The standard InChI is InChI=1S/C19H27NO.ClH/c1-19(2)16-4-3-9-20(12-13-5-6-13)18(16)10-14-7-8-15(21)11-17(14)19;/h7-8,11,13,16,18,21H,3-6,9-10,12H2,1-2H3;1H/t16-,18-;/m1./s1. The van der Waals surface area contributed by atoms with Crippen LogP contribution in [0.5, 0.6) is 5.75 Å². The van der Waals surface area contributed by atoms with E-state index in [9.17, 15) is 5.11 Å². The van der Waals surface area contributed by atoms with E-state index in [-0.39, 0.29) is 17.8 Å². The van der Waals surface area contributed by atoms with E-state index in [2.05, 4.69) is 24.8 Å². The largest absolute Gasteiger partial charge is 0.508 e. The van der Waals surface area contributed by atoms with Gasteiger partial charge in [-0.15, -0.1) is 12.4 Å². The molecule has 1 heterocycles. The lowest BCUT2D eigenvalue weighted by molar-refractivity contribution is 0.0408. The summed E-state index contributed by atoms with van der Waals surface area (Å²) in [7, 11) is 0. The Bertz CT molecular complexity index is 552. The minimum atomic E-state index is 0. The van der Waals surface area contributed by atoms with E-state index in [0.29, 0.717) is 11.8 Å². The lowest BCUT2D eigenvalue weighted by atomic mass is 9.60. The van der Waals surface area contributed by atoms with Crippen LogP contribution in [0, 0.1) is 11.8 Å². The summed E-state index contributed by atoms with van der Waals surface area (Å²) in [5, 5.41) is 9.89. The third-order valence-electron chi connectivity index (χ3n) is 6.23. The van der Waals surface area contributed by atoms with Crippen molar-refractivity contribution in [2.24, 2.45) is 11.8 Å². The molecule has 0 amide bonds. The van der Waals surface area contributed by atoms with Crippen molar-refractivity contribution >= 4 is 12.4 Å². The zero-order valence-electron chi connectivity index (χ0n) is 13.7. The van der Waals surface area contributed by atoms with E-state index in [4.69, 9.17) is 0 Å². The van der Waals surface area contributed by atoms with E-state index in [0.717, 1.165) is 11.8 Å². The molecule has 2 fully saturated rings. The molecule has 0 unspecified atom stereocenters. The van der Waals surface area contributed by atoms with Crippen LogP contribution in [0.15, 0.2) is 18.2 Å². The van der Waals surface area contributed by atoms with E-state index in [1.54, 1.807) is 0 Å². The average Bonchev–Trinajstić information content (AvgIpc) is 3.25. The summed E-state index contributed by atoms with van der Waals surface area (Å²) in [6.45, 7) is 7.40. The van der Waals surface area contributed by atoms with Gasteiger partial charge < -0.3 is 5.11 Å². The predicted molar refractivity (Wildman–Crippen MR) is 92.9 cm³/mol. The third kappa shape index (κ3) is 2.65. The van der Waals surface area contributed by atoms with Gasteiger partial charge in [-0.05, 0) is 79.2 Å². The Morgan fingerprint density at radius 2 is 2.00 bits per heavy atom. The molecule has 0 aromatic heterocycles. The first-order valence-electron chi connectivity index (χ1n) is 8.62. The fraction of sp³-hybridized carbons (Fsp3) is 0.684. The van der Waals surface area contributed by atoms with Crippen LogP contribution in [0.4, 0.5) is 0 Å². The van der Waals surface area contributed by atoms with Gasteiger partial charge in [-0.25, -0.2) is 0 Å². The van der Waals surface area contributed by atoms with Crippen LogP contribution >= 0.6 is 12.4 Å². The molecule has 3 aliphatic rings. The highest BCUT2D eigenvalue weighted by atomic mass is 35.5. The van der Waals surface area contributed by atoms with Crippen molar-refractivity contribution in [1.29, 1.82) is 0 Å². The van der Waals surface area contributed by atoms with Crippen molar-refractivity contribution in [3.05, 3.63) is 29.3 Å². The number of phenolic OH excluding ortho intramolecular Hbond substituents is 1. The second kappa shape index (κ2) is 5.72. The molecule has 1 aromatic rings. The van der Waals surface area contributed by atoms with Gasteiger partial charge in [-0.3, -0.25) is 4.90 Å². The molecule has 122 valence electrons. The van der Waals surface area contributed by atoms with Gasteiger partial charge >= 0.3 is 0 Å². The maximum atomic E-state index is 9.89. The highest BCUT2D eigenvalue weighted by Gasteiger charge is 2.46. The number of hydrogen-bond acceptors (Lipinski definition) is 2. The zero-order valence-corrected chi connectivity index (χ0v) is 14.5. The van der Waals surface area contributed by atoms with E-state index in [1.165, 1.54) is 56.3 Å². The van der Waals surface area contributed by atoms with Crippen LogP contribution in [0.3, 0.4) is 0 Å². The minimum Gasteiger partial charge on any atom is -0.508 e. The van der Waals surface area contributed by atoms with Gasteiger partial charge in [0.2, 0.25) is 0 Å². The van der Waals surface area contributed by atoms with Crippen LogP contribution in [0.25, 0.3) is 0 Å². The normalized spacial score (nSPS) is 30.1. The van der Waals surface area contributed by atoms with Crippen molar-refractivity contribution in [3.63, 3.8) is 0 Å². The van der Waals surface area contributed by atoms with Crippen LogP contribution in [0.2, 0.25) is 0 Å². The summed E-state index contributed by atoms with van der Waals surface area (Å²) in [5.41, 5.74) is 3.03. The zero-order chi connectivity index (χ0) is 14.6. The maximum absolute atomic E-state index is 9.89. The SMILES string of the molecule is CC1(C)c2cc(O)ccc2C[C@@H]2[C@H]1CCCN2CC1CC1.Cl. The molecule has 1 saturated carbocycles. The first kappa shape index (κ1) is 16.1. The Hall–Kier alpha value is -0.730. The number of halogens is 1. The summed E-state index contributed by atoms with van der Waals surface area (Å²) >= 11 is 0. The molecule has 1 aromatic carbocycles. The van der Waals surface area contributed by atoms with Gasteiger partial charge in [0, 0.05) is 12.6 Å². The number of benzene rings is 1. The Balaban J connectivity index is 0.00000144. The molecule has 2 aliphatic carbocycles. The minimum absolute atomic E-state index is 0. The summed E-state index contributed by atoms with van der Waals surface area (Å²) in [4.78, 5) is 2.80. The fourth-order valence-corrected chi connectivity index (χ4v) is 4.87. The van der Waals surface area contributed by atoms with Crippen LogP contribution < -0.4 is 0 Å². The van der Waals surface area contributed by atoms with Crippen LogP contribution in [-0.4, -0.2) is 29.1 Å². The second-order valence-electron chi connectivity index (χ2n) is 8.02. The van der Waals surface area contributed by atoms with Gasteiger partial charge in [0.25, 0.3) is 0 Å². The van der Waals surface area contributed by atoms with Gasteiger partial charge in [0.15, 0.2) is 0 Å². The number of aromatic hydroxyl groups is 1.